The topological polar surface area (TPSA) is 56.7 Å². The summed E-state index contributed by atoms with van der Waals surface area (Å²) < 4.78 is 8.71. The van der Waals surface area contributed by atoms with E-state index in [9.17, 15) is 0 Å². The van der Waals surface area contributed by atoms with Crippen molar-refractivity contribution in [3.05, 3.63) is 158 Å². The van der Waals surface area contributed by atoms with Crippen molar-refractivity contribution in [2.45, 2.75) is 0 Å². The molecule has 10 rings (SSSR count). The molecule has 7 aromatic carbocycles. The largest absolute Gasteiger partial charge is 0.455 e. The van der Waals surface area contributed by atoms with Gasteiger partial charge in [-0.15, -0.1) is 0 Å². The van der Waals surface area contributed by atoms with Crippen molar-refractivity contribution >= 4 is 54.5 Å². The number of hydrogen-bond acceptors (Lipinski definition) is 4. The Labute approximate surface area is 275 Å². The van der Waals surface area contributed by atoms with E-state index in [0.717, 1.165) is 66.1 Å². The fraction of sp³-hybridized carbons (Fsp3) is 0. The zero-order valence-electron chi connectivity index (χ0n) is 25.7. The quantitative estimate of drug-likeness (QED) is 0.198. The third-order valence-corrected chi connectivity index (χ3v) is 9.23. The molecule has 48 heavy (non-hydrogen) atoms. The van der Waals surface area contributed by atoms with Crippen LogP contribution in [0, 0.1) is 0 Å². The first-order valence-electron chi connectivity index (χ1n) is 16.0. The Balaban J connectivity index is 1.17. The Morgan fingerprint density at radius 2 is 0.979 bits per heavy atom. The lowest BCUT2D eigenvalue weighted by molar-refractivity contribution is 0.672. The summed E-state index contributed by atoms with van der Waals surface area (Å²) in [5.41, 5.74) is 7.85. The van der Waals surface area contributed by atoms with Crippen LogP contribution < -0.4 is 0 Å². The van der Waals surface area contributed by atoms with Crippen LogP contribution in [-0.4, -0.2) is 19.5 Å². The fourth-order valence-electron chi connectivity index (χ4n) is 6.98. The third-order valence-electron chi connectivity index (χ3n) is 9.23. The summed E-state index contributed by atoms with van der Waals surface area (Å²) in [7, 11) is 0. The number of rotatable bonds is 4. The highest BCUT2D eigenvalue weighted by atomic mass is 16.3. The summed E-state index contributed by atoms with van der Waals surface area (Å²) >= 11 is 0. The van der Waals surface area contributed by atoms with Crippen molar-refractivity contribution < 1.29 is 4.42 Å². The van der Waals surface area contributed by atoms with Crippen LogP contribution in [0.2, 0.25) is 0 Å². The van der Waals surface area contributed by atoms with Gasteiger partial charge in [-0.2, -0.15) is 0 Å². The second-order valence-electron chi connectivity index (χ2n) is 12.1. The molecule has 0 N–H and O–H groups in total. The highest BCUT2D eigenvalue weighted by Crippen LogP contribution is 2.37. The van der Waals surface area contributed by atoms with Gasteiger partial charge in [-0.3, -0.25) is 0 Å². The lowest BCUT2D eigenvalue weighted by Gasteiger charge is -2.12. The maximum absolute atomic E-state index is 6.40. The third kappa shape index (κ3) is 4.15. The van der Waals surface area contributed by atoms with Gasteiger partial charge in [0, 0.05) is 49.3 Å². The number of benzene rings is 7. The highest BCUT2D eigenvalue weighted by molar-refractivity contribution is 6.15. The van der Waals surface area contributed by atoms with Gasteiger partial charge in [0.15, 0.2) is 17.5 Å². The molecule has 0 aliphatic rings. The first kappa shape index (κ1) is 26.6. The lowest BCUT2D eigenvalue weighted by Crippen LogP contribution is -2.01. The Hall–Kier alpha value is -6.59. The van der Waals surface area contributed by atoms with Gasteiger partial charge in [0.2, 0.25) is 0 Å². The first-order chi connectivity index (χ1) is 23.8. The van der Waals surface area contributed by atoms with Crippen molar-refractivity contribution in [1.29, 1.82) is 0 Å². The Morgan fingerprint density at radius 3 is 1.73 bits per heavy atom. The standard InChI is InChI=1S/C43H26N4O/c1-2-11-28(12-3-1)41-44-42(29-13-10-14-31(25-29)47-37-18-7-4-15-32(37)33-16-5-8-19-38(33)47)46-43(45-41)30-22-21-27-23-24-35-34-17-6-9-20-39(34)48-40(35)36(27)26-30/h1-26H. The average Bonchev–Trinajstić information content (AvgIpc) is 3.71. The number of furan rings is 1. The molecule has 0 aliphatic carbocycles. The Bertz CT molecular complexity index is 2800. The molecule has 0 spiro atoms. The molecule has 3 heterocycles. The van der Waals surface area contributed by atoms with Crippen LogP contribution in [0.15, 0.2) is 162 Å². The molecule has 5 nitrogen and oxygen atoms in total. The molecule has 0 aliphatic heterocycles. The van der Waals surface area contributed by atoms with Crippen LogP contribution in [0.1, 0.15) is 0 Å². The number of fused-ring (bicyclic) bond motifs is 8. The molecule has 0 saturated carbocycles. The van der Waals surface area contributed by atoms with Crippen molar-refractivity contribution in [3.8, 4) is 39.9 Å². The van der Waals surface area contributed by atoms with Crippen molar-refractivity contribution in [2.75, 3.05) is 0 Å². The van der Waals surface area contributed by atoms with Crippen LogP contribution in [-0.2, 0) is 0 Å². The van der Waals surface area contributed by atoms with Crippen LogP contribution in [0.3, 0.4) is 0 Å². The van der Waals surface area contributed by atoms with Crippen LogP contribution in [0.4, 0.5) is 0 Å². The summed E-state index contributed by atoms with van der Waals surface area (Å²) in [5, 5.41) is 6.78. The molecular formula is C43H26N4O. The van der Waals surface area contributed by atoms with Gasteiger partial charge < -0.3 is 8.98 Å². The van der Waals surface area contributed by atoms with E-state index in [1.165, 1.54) is 10.8 Å². The average molecular weight is 615 g/mol. The molecule has 0 saturated heterocycles. The van der Waals surface area contributed by atoms with E-state index in [2.05, 4.69) is 114 Å². The van der Waals surface area contributed by atoms with Gasteiger partial charge in [0.05, 0.1) is 11.0 Å². The normalized spacial score (nSPS) is 11.8. The molecule has 5 heteroatoms. The maximum atomic E-state index is 6.40. The Morgan fingerprint density at radius 1 is 0.396 bits per heavy atom. The zero-order chi connectivity index (χ0) is 31.6. The SMILES string of the molecule is c1ccc(-c2nc(-c3cccc(-n4c5ccccc5c5ccccc54)c3)nc(-c3ccc4ccc5c6ccccc6oc5c4c3)n2)cc1. The Kier molecular flexibility index (Phi) is 5.81. The summed E-state index contributed by atoms with van der Waals surface area (Å²) in [6.07, 6.45) is 0. The molecule has 0 atom stereocenters. The van der Waals surface area contributed by atoms with Gasteiger partial charge >= 0.3 is 0 Å². The minimum absolute atomic E-state index is 0.608. The zero-order valence-corrected chi connectivity index (χ0v) is 25.7. The summed E-state index contributed by atoms with van der Waals surface area (Å²) in [6.45, 7) is 0. The number of para-hydroxylation sites is 3. The number of hydrogen-bond donors (Lipinski definition) is 0. The van der Waals surface area contributed by atoms with Gasteiger partial charge in [0.1, 0.15) is 11.2 Å². The molecule has 0 amide bonds. The molecule has 0 bridgehead atoms. The van der Waals surface area contributed by atoms with Crippen molar-refractivity contribution in [3.63, 3.8) is 0 Å². The van der Waals surface area contributed by atoms with Gasteiger partial charge in [-0.05, 0) is 47.9 Å². The molecule has 0 unspecified atom stereocenters. The first-order valence-corrected chi connectivity index (χ1v) is 16.0. The van der Waals surface area contributed by atoms with Gasteiger partial charge in [0.25, 0.3) is 0 Å². The predicted octanol–water partition coefficient (Wildman–Crippen LogP) is 11.0. The van der Waals surface area contributed by atoms with E-state index in [0.29, 0.717) is 17.5 Å². The summed E-state index contributed by atoms with van der Waals surface area (Å²) in [5.74, 6) is 1.85. The molecule has 0 radical (unpaired) electrons. The van der Waals surface area contributed by atoms with Crippen LogP contribution in [0.25, 0.3) is 94.4 Å². The minimum Gasteiger partial charge on any atom is -0.455 e. The maximum Gasteiger partial charge on any atom is 0.164 e. The monoisotopic (exact) mass is 614 g/mol. The second kappa shape index (κ2) is 10.5. The van der Waals surface area contributed by atoms with E-state index < -0.39 is 0 Å². The molecule has 0 fully saturated rings. The second-order valence-corrected chi connectivity index (χ2v) is 12.1. The fourth-order valence-corrected chi connectivity index (χ4v) is 6.98. The molecular weight excluding hydrogens is 589 g/mol. The van der Waals surface area contributed by atoms with E-state index in [1.54, 1.807) is 0 Å². The number of nitrogens with zero attached hydrogens (tertiary/aromatic N) is 4. The van der Waals surface area contributed by atoms with E-state index in [4.69, 9.17) is 19.4 Å². The molecule has 224 valence electrons. The van der Waals surface area contributed by atoms with Gasteiger partial charge in [-0.1, -0.05) is 115 Å². The smallest absolute Gasteiger partial charge is 0.164 e. The van der Waals surface area contributed by atoms with Gasteiger partial charge in [-0.25, -0.2) is 15.0 Å². The predicted molar refractivity (Wildman–Crippen MR) is 195 cm³/mol. The lowest BCUT2D eigenvalue weighted by atomic mass is 10.0. The van der Waals surface area contributed by atoms with Crippen LogP contribution >= 0.6 is 0 Å². The van der Waals surface area contributed by atoms with E-state index >= 15 is 0 Å². The summed E-state index contributed by atoms with van der Waals surface area (Å²) in [4.78, 5) is 15.2. The highest BCUT2D eigenvalue weighted by Gasteiger charge is 2.17. The summed E-state index contributed by atoms with van der Waals surface area (Å²) in [6, 6.07) is 54.5. The molecule has 3 aromatic heterocycles. The van der Waals surface area contributed by atoms with Crippen molar-refractivity contribution in [1.82, 2.24) is 19.5 Å². The molecule has 10 aromatic rings. The van der Waals surface area contributed by atoms with Crippen molar-refractivity contribution in [2.24, 2.45) is 0 Å². The van der Waals surface area contributed by atoms with E-state index in [-0.39, 0.29) is 0 Å². The number of aromatic nitrogens is 4. The minimum atomic E-state index is 0.608. The van der Waals surface area contributed by atoms with Crippen LogP contribution in [0.5, 0.6) is 0 Å². The van der Waals surface area contributed by atoms with E-state index in [1.807, 2.05) is 48.5 Å².